The highest BCUT2D eigenvalue weighted by Gasteiger charge is 2.50. The number of rotatable bonds is 4. The maximum atomic E-state index is 13.3. The minimum absolute atomic E-state index is 0.0332. The van der Waals surface area contributed by atoms with E-state index in [-0.39, 0.29) is 11.5 Å². The van der Waals surface area contributed by atoms with Crippen LogP contribution >= 0.6 is 15.9 Å². The molecule has 1 aromatic rings. The molecule has 2 atom stereocenters. The summed E-state index contributed by atoms with van der Waals surface area (Å²) in [6.45, 7) is 0.774. The molecule has 1 aromatic carbocycles. The van der Waals surface area contributed by atoms with E-state index in [9.17, 15) is 8.78 Å². The first kappa shape index (κ1) is 13.5. The Kier molecular flexibility index (Phi) is 3.65. The Morgan fingerprint density at radius 3 is 2.68 bits per heavy atom. The maximum Gasteiger partial charge on any atom is 0.159 e. The van der Waals surface area contributed by atoms with Crippen LogP contribution in [0, 0.1) is 23.0 Å². The topological polar surface area (TPSA) is 9.23 Å². The van der Waals surface area contributed by atoms with Gasteiger partial charge in [-0.25, -0.2) is 8.78 Å². The van der Waals surface area contributed by atoms with Gasteiger partial charge in [0, 0.05) is 17.4 Å². The fourth-order valence-corrected chi connectivity index (χ4v) is 3.98. The number of hydrogen-bond donors (Lipinski definition) is 0. The summed E-state index contributed by atoms with van der Waals surface area (Å²) in [6.07, 6.45) is 4.46. The Bertz CT molecular complexity index is 475. The zero-order chi connectivity index (χ0) is 13.5. The highest BCUT2D eigenvalue weighted by molar-refractivity contribution is 9.09. The molecule has 0 radical (unpaired) electrons. The second kappa shape index (κ2) is 5.13. The van der Waals surface area contributed by atoms with Gasteiger partial charge >= 0.3 is 0 Å². The van der Waals surface area contributed by atoms with Gasteiger partial charge in [0.2, 0.25) is 0 Å². The van der Waals surface area contributed by atoms with E-state index in [0.29, 0.717) is 5.92 Å². The summed E-state index contributed by atoms with van der Waals surface area (Å²) in [4.78, 5) is 0. The average Bonchev–Trinajstić information content (AvgIpc) is 3.16. The van der Waals surface area contributed by atoms with Gasteiger partial charge in [-0.3, -0.25) is 0 Å². The summed E-state index contributed by atoms with van der Waals surface area (Å²) in [5.41, 5.74) is 0.889. The molecular formula is C15H17BrF2O. The van der Waals surface area contributed by atoms with E-state index in [2.05, 4.69) is 15.9 Å². The summed E-state index contributed by atoms with van der Waals surface area (Å²) >= 11 is 3.61. The monoisotopic (exact) mass is 330 g/mol. The van der Waals surface area contributed by atoms with E-state index >= 15 is 0 Å². The van der Waals surface area contributed by atoms with Crippen LogP contribution in [0.1, 0.15) is 24.8 Å². The summed E-state index contributed by atoms with van der Waals surface area (Å²) in [6, 6.07) is 4.22. The van der Waals surface area contributed by atoms with Gasteiger partial charge in [0.15, 0.2) is 11.6 Å². The third kappa shape index (κ3) is 2.57. The zero-order valence-electron chi connectivity index (χ0n) is 10.7. The van der Waals surface area contributed by atoms with Crippen LogP contribution in [0.3, 0.4) is 0 Å². The fourth-order valence-electron chi connectivity index (χ4n) is 3.18. The molecule has 1 nitrogen and oxygen atoms in total. The fraction of sp³-hybridized carbons (Fsp3) is 0.600. The standard InChI is InChI=1S/C15H17BrF2O/c16-9-15(5-6-19-14(15)11-2-3-11)8-10-1-4-12(17)13(18)7-10/h1,4,7,11,14H,2-3,5-6,8-9H2. The quantitative estimate of drug-likeness (QED) is 0.755. The number of ether oxygens (including phenoxy) is 1. The molecule has 0 bridgehead atoms. The Labute approximate surface area is 120 Å². The van der Waals surface area contributed by atoms with Crippen molar-refractivity contribution < 1.29 is 13.5 Å². The summed E-state index contributed by atoms with van der Waals surface area (Å²) in [7, 11) is 0. The molecule has 1 aliphatic carbocycles. The number of benzene rings is 1. The predicted molar refractivity (Wildman–Crippen MR) is 73.4 cm³/mol. The van der Waals surface area contributed by atoms with Crippen molar-refractivity contribution in [2.75, 3.05) is 11.9 Å². The zero-order valence-corrected chi connectivity index (χ0v) is 12.3. The van der Waals surface area contributed by atoms with Gasteiger partial charge in [-0.2, -0.15) is 0 Å². The Morgan fingerprint density at radius 2 is 2.05 bits per heavy atom. The lowest BCUT2D eigenvalue weighted by molar-refractivity contribution is 0.0413. The van der Waals surface area contributed by atoms with Crippen molar-refractivity contribution in [3.8, 4) is 0 Å². The second-order valence-electron chi connectivity index (χ2n) is 5.80. The Hall–Kier alpha value is -0.480. The van der Waals surface area contributed by atoms with Crippen molar-refractivity contribution in [2.45, 2.75) is 31.8 Å². The van der Waals surface area contributed by atoms with Crippen molar-refractivity contribution in [1.29, 1.82) is 0 Å². The van der Waals surface area contributed by atoms with E-state index in [4.69, 9.17) is 4.74 Å². The minimum atomic E-state index is -0.780. The Balaban J connectivity index is 1.83. The SMILES string of the molecule is Fc1ccc(CC2(CBr)CCOC2C2CC2)cc1F. The smallest absolute Gasteiger partial charge is 0.159 e. The van der Waals surface area contributed by atoms with E-state index in [1.165, 1.54) is 25.0 Å². The highest BCUT2D eigenvalue weighted by atomic mass is 79.9. The maximum absolute atomic E-state index is 13.3. The molecule has 19 heavy (non-hydrogen) atoms. The van der Waals surface area contributed by atoms with Crippen molar-refractivity contribution in [3.05, 3.63) is 35.4 Å². The third-order valence-corrected chi connectivity index (χ3v) is 5.47. The largest absolute Gasteiger partial charge is 0.377 e. The molecule has 3 rings (SSSR count). The second-order valence-corrected chi connectivity index (χ2v) is 6.36. The first-order valence-electron chi connectivity index (χ1n) is 6.76. The van der Waals surface area contributed by atoms with Gasteiger partial charge < -0.3 is 4.74 Å². The molecule has 1 heterocycles. The van der Waals surface area contributed by atoms with Crippen LogP contribution in [-0.4, -0.2) is 18.0 Å². The molecule has 2 aliphatic rings. The van der Waals surface area contributed by atoms with E-state index < -0.39 is 11.6 Å². The van der Waals surface area contributed by atoms with Gasteiger partial charge in [-0.15, -0.1) is 0 Å². The van der Waals surface area contributed by atoms with Crippen LogP contribution < -0.4 is 0 Å². The molecular weight excluding hydrogens is 314 g/mol. The van der Waals surface area contributed by atoms with Crippen LogP contribution in [0.4, 0.5) is 8.78 Å². The predicted octanol–water partition coefficient (Wildman–Crippen LogP) is 4.09. The molecule has 1 saturated heterocycles. The van der Waals surface area contributed by atoms with E-state index in [1.807, 2.05) is 0 Å². The van der Waals surface area contributed by atoms with E-state index in [0.717, 1.165) is 30.3 Å². The molecule has 1 saturated carbocycles. The number of alkyl halides is 1. The molecule has 0 amide bonds. The van der Waals surface area contributed by atoms with Gasteiger partial charge in [0.1, 0.15) is 0 Å². The first-order chi connectivity index (χ1) is 9.14. The van der Waals surface area contributed by atoms with E-state index in [1.54, 1.807) is 6.07 Å². The van der Waals surface area contributed by atoms with Crippen LogP contribution in [0.2, 0.25) is 0 Å². The van der Waals surface area contributed by atoms with Crippen molar-refractivity contribution >= 4 is 15.9 Å². The lowest BCUT2D eigenvalue weighted by Gasteiger charge is -2.32. The van der Waals surface area contributed by atoms with Crippen molar-refractivity contribution in [3.63, 3.8) is 0 Å². The van der Waals surface area contributed by atoms with Crippen molar-refractivity contribution in [2.24, 2.45) is 11.3 Å². The summed E-state index contributed by atoms with van der Waals surface area (Å²) in [5, 5.41) is 0.847. The van der Waals surface area contributed by atoms with Crippen LogP contribution in [0.5, 0.6) is 0 Å². The van der Waals surface area contributed by atoms with Crippen LogP contribution in [0.25, 0.3) is 0 Å². The van der Waals surface area contributed by atoms with Gasteiger partial charge in [-0.05, 0) is 49.3 Å². The summed E-state index contributed by atoms with van der Waals surface area (Å²) < 4.78 is 32.2. The first-order valence-corrected chi connectivity index (χ1v) is 7.88. The molecule has 104 valence electrons. The van der Waals surface area contributed by atoms with Crippen LogP contribution in [-0.2, 0) is 11.2 Å². The van der Waals surface area contributed by atoms with Gasteiger partial charge in [-0.1, -0.05) is 22.0 Å². The van der Waals surface area contributed by atoms with Gasteiger partial charge in [0.25, 0.3) is 0 Å². The molecule has 4 heteroatoms. The normalized spacial score (nSPS) is 30.8. The third-order valence-electron chi connectivity index (χ3n) is 4.36. The molecule has 1 aliphatic heterocycles. The number of hydrogen-bond acceptors (Lipinski definition) is 1. The lowest BCUT2D eigenvalue weighted by atomic mass is 9.76. The minimum Gasteiger partial charge on any atom is -0.377 e. The lowest BCUT2D eigenvalue weighted by Crippen LogP contribution is -2.36. The summed E-state index contributed by atoms with van der Waals surface area (Å²) in [5.74, 6) is -0.882. The highest BCUT2D eigenvalue weighted by Crippen LogP contribution is 2.50. The Morgan fingerprint density at radius 1 is 1.26 bits per heavy atom. The average molecular weight is 331 g/mol. The molecule has 0 spiro atoms. The molecule has 0 N–H and O–H groups in total. The van der Waals surface area contributed by atoms with Crippen LogP contribution in [0.15, 0.2) is 18.2 Å². The molecule has 2 unspecified atom stereocenters. The van der Waals surface area contributed by atoms with Gasteiger partial charge in [0.05, 0.1) is 6.10 Å². The number of halogens is 3. The van der Waals surface area contributed by atoms with Crippen molar-refractivity contribution in [1.82, 2.24) is 0 Å². The molecule has 0 aromatic heterocycles. The molecule has 2 fully saturated rings.